The second-order valence-corrected chi connectivity index (χ2v) is 7.82. The minimum Gasteiger partial charge on any atom is -0.326 e. The molecule has 1 N–H and O–H groups in total. The molecule has 3 heterocycles. The van der Waals surface area contributed by atoms with Crippen molar-refractivity contribution in [1.82, 2.24) is 24.0 Å². The van der Waals surface area contributed by atoms with Gasteiger partial charge in [0.05, 0.1) is 6.54 Å². The molecule has 8 heteroatoms. The van der Waals surface area contributed by atoms with Crippen molar-refractivity contribution in [3.63, 3.8) is 0 Å². The van der Waals surface area contributed by atoms with E-state index in [1.54, 1.807) is 18.3 Å². The van der Waals surface area contributed by atoms with Gasteiger partial charge in [0.25, 0.3) is 0 Å². The van der Waals surface area contributed by atoms with E-state index in [4.69, 9.17) is 0 Å². The first-order valence-electron chi connectivity index (χ1n) is 10.4. The lowest BCUT2D eigenvalue weighted by Gasteiger charge is -2.32. The van der Waals surface area contributed by atoms with Crippen molar-refractivity contribution in [1.29, 1.82) is 0 Å². The third kappa shape index (κ3) is 4.95. The van der Waals surface area contributed by atoms with Crippen LogP contribution in [0.1, 0.15) is 12.0 Å². The van der Waals surface area contributed by atoms with Crippen LogP contribution in [-0.2, 0) is 17.8 Å². The molecule has 30 heavy (non-hydrogen) atoms. The van der Waals surface area contributed by atoms with Crippen molar-refractivity contribution >= 4 is 17.2 Å². The lowest BCUT2D eigenvalue weighted by atomic mass is 10.1. The molecule has 0 saturated carbocycles. The van der Waals surface area contributed by atoms with Crippen LogP contribution in [0.25, 0.3) is 5.65 Å². The number of nitrogens with one attached hydrogen (secondary N) is 1. The number of anilines is 1. The van der Waals surface area contributed by atoms with Crippen LogP contribution in [-0.4, -0.2) is 69.7 Å². The summed E-state index contributed by atoms with van der Waals surface area (Å²) < 4.78 is 2.80. The van der Waals surface area contributed by atoms with Crippen LogP contribution in [0.2, 0.25) is 0 Å². The summed E-state index contributed by atoms with van der Waals surface area (Å²) in [5.41, 5.74) is 2.38. The first-order valence-corrected chi connectivity index (χ1v) is 10.4. The molecule has 1 aliphatic heterocycles. The number of carbonyl (C=O) groups is 1. The molecule has 0 radical (unpaired) electrons. The van der Waals surface area contributed by atoms with E-state index in [0.29, 0.717) is 5.65 Å². The highest BCUT2D eigenvalue weighted by Crippen LogP contribution is 2.12. The minimum atomic E-state index is -0.233. The van der Waals surface area contributed by atoms with E-state index in [1.165, 1.54) is 14.6 Å². The average Bonchev–Trinajstić information content (AvgIpc) is 3.09. The summed E-state index contributed by atoms with van der Waals surface area (Å²) in [6, 6.07) is 13.4. The average molecular weight is 409 g/mol. The smallest absolute Gasteiger partial charge is 0.326 e. The Morgan fingerprint density at radius 1 is 1.03 bits per heavy atom. The Hall–Kier alpha value is -2.97. The largest absolute Gasteiger partial charge is 0.350 e. The highest BCUT2D eigenvalue weighted by atomic mass is 16.2. The summed E-state index contributed by atoms with van der Waals surface area (Å²) in [4.78, 5) is 29.4. The van der Waals surface area contributed by atoms with Crippen LogP contribution in [0.4, 0.5) is 5.69 Å². The van der Waals surface area contributed by atoms with Crippen LogP contribution in [0.5, 0.6) is 0 Å². The molecule has 0 aliphatic carbocycles. The molecule has 0 spiro atoms. The highest BCUT2D eigenvalue weighted by Gasteiger charge is 2.13. The van der Waals surface area contributed by atoms with Crippen molar-refractivity contribution in [3.8, 4) is 0 Å². The van der Waals surface area contributed by atoms with Gasteiger partial charge in [-0.1, -0.05) is 18.2 Å². The summed E-state index contributed by atoms with van der Waals surface area (Å²) in [7, 11) is 2.17. The standard InChI is InChI=1S/C22H28N6O2/c1-25-14-16-26(17-15-25)12-9-18-5-7-19(8-6-18)23-21(29)10-13-28-22(30)27-11-3-2-4-20(27)24-28/h2-8,11H,9-10,12-17H2,1H3,(H,23,29). The zero-order chi connectivity index (χ0) is 20.9. The van der Waals surface area contributed by atoms with E-state index in [1.807, 2.05) is 18.2 Å². The number of amides is 1. The molecule has 0 atom stereocenters. The number of likely N-dealkylation sites (N-methyl/N-ethyl adjacent to an activating group) is 1. The SMILES string of the molecule is CN1CCN(CCc2ccc(NC(=O)CCn3nc4ccccn4c3=O)cc2)CC1. The van der Waals surface area contributed by atoms with Gasteiger partial charge in [-0.2, -0.15) is 0 Å². The van der Waals surface area contributed by atoms with Crippen LogP contribution in [0, 0.1) is 0 Å². The molecule has 158 valence electrons. The van der Waals surface area contributed by atoms with Gasteiger partial charge in [0.1, 0.15) is 0 Å². The Morgan fingerprint density at radius 3 is 2.53 bits per heavy atom. The number of rotatable bonds is 7. The molecule has 1 aliphatic rings. The van der Waals surface area contributed by atoms with Crippen LogP contribution >= 0.6 is 0 Å². The lowest BCUT2D eigenvalue weighted by molar-refractivity contribution is -0.116. The van der Waals surface area contributed by atoms with E-state index in [9.17, 15) is 9.59 Å². The van der Waals surface area contributed by atoms with Gasteiger partial charge >= 0.3 is 5.69 Å². The van der Waals surface area contributed by atoms with Gasteiger partial charge in [-0.25, -0.2) is 9.48 Å². The van der Waals surface area contributed by atoms with Crippen molar-refractivity contribution in [3.05, 3.63) is 64.7 Å². The highest BCUT2D eigenvalue weighted by molar-refractivity contribution is 5.90. The van der Waals surface area contributed by atoms with Gasteiger partial charge in [-0.05, 0) is 43.3 Å². The maximum atomic E-state index is 12.3. The van der Waals surface area contributed by atoms with E-state index < -0.39 is 0 Å². The molecule has 1 amide bonds. The maximum Gasteiger partial charge on any atom is 0.350 e. The third-order valence-electron chi connectivity index (χ3n) is 5.59. The Balaban J connectivity index is 1.25. The fourth-order valence-electron chi connectivity index (χ4n) is 3.66. The molecule has 0 bridgehead atoms. The van der Waals surface area contributed by atoms with Gasteiger partial charge in [0.15, 0.2) is 5.65 Å². The molecule has 0 unspecified atom stereocenters. The molecular formula is C22H28N6O2. The van der Waals surface area contributed by atoms with Gasteiger partial charge in [-0.3, -0.25) is 9.20 Å². The predicted molar refractivity (Wildman–Crippen MR) is 117 cm³/mol. The normalized spacial score (nSPS) is 15.5. The maximum absolute atomic E-state index is 12.3. The predicted octanol–water partition coefficient (Wildman–Crippen LogP) is 1.31. The number of pyridine rings is 1. The summed E-state index contributed by atoms with van der Waals surface area (Å²) in [6.07, 6.45) is 2.87. The number of piperazine rings is 1. The van der Waals surface area contributed by atoms with Crippen molar-refractivity contribution < 1.29 is 4.79 Å². The van der Waals surface area contributed by atoms with Crippen LogP contribution in [0.3, 0.4) is 0 Å². The zero-order valence-electron chi connectivity index (χ0n) is 17.3. The fourth-order valence-corrected chi connectivity index (χ4v) is 3.66. The van der Waals surface area contributed by atoms with E-state index >= 15 is 0 Å². The van der Waals surface area contributed by atoms with E-state index in [0.717, 1.165) is 44.8 Å². The number of aryl methyl sites for hydroxylation is 1. The molecular weight excluding hydrogens is 380 g/mol. The van der Waals surface area contributed by atoms with Gasteiger partial charge in [-0.15, -0.1) is 5.10 Å². The van der Waals surface area contributed by atoms with Gasteiger partial charge < -0.3 is 15.1 Å². The minimum absolute atomic E-state index is 0.135. The summed E-state index contributed by atoms with van der Waals surface area (Å²) in [6.45, 7) is 5.82. The number of nitrogens with zero attached hydrogens (tertiary/aromatic N) is 5. The quantitative estimate of drug-likeness (QED) is 0.638. The Bertz CT molecular complexity index is 1050. The monoisotopic (exact) mass is 408 g/mol. The van der Waals surface area contributed by atoms with Crippen molar-refractivity contribution in [2.24, 2.45) is 0 Å². The first-order chi connectivity index (χ1) is 14.6. The summed E-state index contributed by atoms with van der Waals surface area (Å²) in [5.74, 6) is -0.135. The van der Waals surface area contributed by atoms with Gasteiger partial charge in [0.2, 0.25) is 5.91 Å². The van der Waals surface area contributed by atoms with Crippen LogP contribution in [0.15, 0.2) is 53.5 Å². The second kappa shape index (κ2) is 9.23. The summed E-state index contributed by atoms with van der Waals surface area (Å²) in [5, 5.41) is 7.14. The molecule has 4 rings (SSSR count). The van der Waals surface area contributed by atoms with Crippen molar-refractivity contribution in [2.45, 2.75) is 19.4 Å². The second-order valence-electron chi connectivity index (χ2n) is 7.82. The Labute approximate surface area is 175 Å². The lowest BCUT2D eigenvalue weighted by Crippen LogP contribution is -2.45. The molecule has 1 aromatic carbocycles. The summed E-state index contributed by atoms with van der Waals surface area (Å²) >= 11 is 0. The number of carbonyl (C=O) groups excluding carboxylic acids is 1. The number of fused-ring (bicyclic) bond motifs is 1. The molecule has 8 nitrogen and oxygen atoms in total. The van der Waals surface area contributed by atoms with Gasteiger partial charge in [0, 0.05) is 51.0 Å². The zero-order valence-corrected chi connectivity index (χ0v) is 17.3. The third-order valence-corrected chi connectivity index (χ3v) is 5.59. The fraction of sp³-hybridized carbons (Fsp3) is 0.409. The Morgan fingerprint density at radius 2 is 1.80 bits per heavy atom. The molecule has 2 aromatic heterocycles. The Kier molecular flexibility index (Phi) is 6.25. The number of aromatic nitrogens is 3. The number of hydrogen-bond donors (Lipinski definition) is 1. The molecule has 1 saturated heterocycles. The topological polar surface area (TPSA) is 74.9 Å². The van der Waals surface area contributed by atoms with E-state index in [-0.39, 0.29) is 24.6 Å². The van der Waals surface area contributed by atoms with Crippen molar-refractivity contribution in [2.75, 3.05) is 45.1 Å². The molecule has 3 aromatic rings. The number of benzene rings is 1. The first kappa shape index (κ1) is 20.3. The molecule has 1 fully saturated rings. The number of hydrogen-bond acceptors (Lipinski definition) is 5. The van der Waals surface area contributed by atoms with E-state index in [2.05, 4.69) is 39.4 Å². The van der Waals surface area contributed by atoms with Crippen LogP contribution < -0.4 is 11.0 Å².